The zero-order valence-corrected chi connectivity index (χ0v) is 17.6. The van der Waals surface area contributed by atoms with Crippen molar-refractivity contribution in [3.63, 3.8) is 0 Å². The molecule has 1 N–H and O–H groups in total. The molecule has 0 bridgehead atoms. The molecule has 1 aromatic carbocycles. The third-order valence-corrected chi connectivity index (χ3v) is 3.83. The SMILES string of the molecule is CCOC(=O)COc1c(Br)cc(/C=C(\C#N)C(=O)NCCOC)cc1OCC. The van der Waals surface area contributed by atoms with E-state index in [0.717, 1.165) is 0 Å². The molecule has 152 valence electrons. The first-order chi connectivity index (χ1) is 13.5. The summed E-state index contributed by atoms with van der Waals surface area (Å²) in [4.78, 5) is 23.6. The number of esters is 1. The van der Waals surface area contributed by atoms with Gasteiger partial charge in [-0.25, -0.2) is 4.79 Å². The summed E-state index contributed by atoms with van der Waals surface area (Å²) in [5.74, 6) is -0.309. The van der Waals surface area contributed by atoms with E-state index in [0.29, 0.717) is 41.3 Å². The second-order valence-electron chi connectivity index (χ2n) is 5.28. The summed E-state index contributed by atoms with van der Waals surface area (Å²) >= 11 is 3.37. The van der Waals surface area contributed by atoms with Crippen LogP contribution in [0.25, 0.3) is 6.08 Å². The average molecular weight is 455 g/mol. The van der Waals surface area contributed by atoms with Crippen molar-refractivity contribution in [2.24, 2.45) is 0 Å². The second-order valence-corrected chi connectivity index (χ2v) is 6.13. The number of nitrogens with zero attached hydrogens (tertiary/aromatic N) is 1. The molecule has 1 aromatic rings. The van der Waals surface area contributed by atoms with Crippen molar-refractivity contribution in [3.8, 4) is 17.6 Å². The van der Waals surface area contributed by atoms with Gasteiger partial charge in [0, 0.05) is 13.7 Å². The van der Waals surface area contributed by atoms with Crippen LogP contribution in [0.4, 0.5) is 0 Å². The second kappa shape index (κ2) is 12.8. The van der Waals surface area contributed by atoms with Gasteiger partial charge in [0.2, 0.25) is 0 Å². The number of amides is 1. The first-order valence-corrected chi connectivity index (χ1v) is 9.39. The Morgan fingerprint density at radius 1 is 1.25 bits per heavy atom. The maximum absolute atomic E-state index is 12.1. The third kappa shape index (κ3) is 7.58. The molecule has 0 unspecified atom stereocenters. The smallest absolute Gasteiger partial charge is 0.344 e. The van der Waals surface area contributed by atoms with E-state index >= 15 is 0 Å². The highest BCUT2D eigenvalue weighted by atomic mass is 79.9. The molecular weight excluding hydrogens is 432 g/mol. The molecule has 0 spiro atoms. The molecular formula is C19H23BrN2O6. The molecule has 1 amide bonds. The van der Waals surface area contributed by atoms with Crippen molar-refractivity contribution in [3.05, 3.63) is 27.7 Å². The number of nitriles is 1. The molecule has 8 nitrogen and oxygen atoms in total. The zero-order valence-electron chi connectivity index (χ0n) is 16.0. The first kappa shape index (κ1) is 23.5. The van der Waals surface area contributed by atoms with E-state index in [9.17, 15) is 14.9 Å². The van der Waals surface area contributed by atoms with Crippen LogP contribution in [0.15, 0.2) is 22.2 Å². The van der Waals surface area contributed by atoms with Gasteiger partial charge < -0.3 is 24.3 Å². The molecule has 9 heteroatoms. The van der Waals surface area contributed by atoms with E-state index in [1.807, 2.05) is 6.07 Å². The van der Waals surface area contributed by atoms with Gasteiger partial charge in [0.15, 0.2) is 18.1 Å². The van der Waals surface area contributed by atoms with E-state index < -0.39 is 11.9 Å². The van der Waals surface area contributed by atoms with Gasteiger partial charge in [-0.2, -0.15) is 5.26 Å². The molecule has 0 aromatic heterocycles. The Morgan fingerprint density at radius 3 is 2.61 bits per heavy atom. The van der Waals surface area contributed by atoms with Crippen LogP contribution in [0.1, 0.15) is 19.4 Å². The maximum atomic E-state index is 12.1. The van der Waals surface area contributed by atoms with Gasteiger partial charge in [0.05, 0.1) is 24.3 Å². The van der Waals surface area contributed by atoms with Crippen molar-refractivity contribution in [1.82, 2.24) is 5.32 Å². The van der Waals surface area contributed by atoms with Gasteiger partial charge in [0.1, 0.15) is 11.6 Å². The highest BCUT2D eigenvalue weighted by Gasteiger charge is 2.15. The Morgan fingerprint density at radius 2 is 2.00 bits per heavy atom. The van der Waals surface area contributed by atoms with Crippen LogP contribution in [0, 0.1) is 11.3 Å². The number of halogens is 1. The van der Waals surface area contributed by atoms with Crippen LogP contribution in [0.5, 0.6) is 11.5 Å². The fraction of sp³-hybridized carbons (Fsp3) is 0.421. The lowest BCUT2D eigenvalue weighted by atomic mass is 10.1. The highest BCUT2D eigenvalue weighted by molar-refractivity contribution is 9.10. The topological polar surface area (TPSA) is 107 Å². The maximum Gasteiger partial charge on any atom is 0.344 e. The van der Waals surface area contributed by atoms with Crippen molar-refractivity contribution in [2.45, 2.75) is 13.8 Å². The summed E-state index contributed by atoms with van der Waals surface area (Å²) in [6, 6.07) is 5.15. The molecule has 0 saturated heterocycles. The van der Waals surface area contributed by atoms with Gasteiger partial charge in [0.25, 0.3) is 5.91 Å². The average Bonchev–Trinajstić information content (AvgIpc) is 2.66. The molecule has 0 atom stereocenters. The van der Waals surface area contributed by atoms with Gasteiger partial charge in [-0.1, -0.05) is 0 Å². The molecule has 0 aliphatic rings. The summed E-state index contributed by atoms with van der Waals surface area (Å²) < 4.78 is 21.3. The number of hydrogen-bond donors (Lipinski definition) is 1. The Kier molecular flexibility index (Phi) is 10.7. The number of rotatable bonds is 11. The van der Waals surface area contributed by atoms with E-state index in [1.54, 1.807) is 26.0 Å². The van der Waals surface area contributed by atoms with Crippen LogP contribution >= 0.6 is 15.9 Å². The summed E-state index contributed by atoms with van der Waals surface area (Å²) in [5, 5.41) is 11.9. The summed E-state index contributed by atoms with van der Waals surface area (Å²) in [5.41, 5.74) is 0.489. The van der Waals surface area contributed by atoms with E-state index in [2.05, 4.69) is 21.2 Å². The van der Waals surface area contributed by atoms with Gasteiger partial charge >= 0.3 is 5.97 Å². The van der Waals surface area contributed by atoms with Crippen molar-refractivity contribution >= 4 is 33.9 Å². The van der Waals surface area contributed by atoms with Crippen molar-refractivity contribution in [1.29, 1.82) is 5.26 Å². The van der Waals surface area contributed by atoms with Crippen LogP contribution in [0.2, 0.25) is 0 Å². The molecule has 28 heavy (non-hydrogen) atoms. The number of benzene rings is 1. The van der Waals surface area contributed by atoms with E-state index in [-0.39, 0.29) is 18.8 Å². The lowest BCUT2D eigenvalue weighted by Crippen LogP contribution is -2.27. The summed E-state index contributed by atoms with van der Waals surface area (Å²) in [6.45, 7) is 4.49. The first-order valence-electron chi connectivity index (χ1n) is 8.60. The summed E-state index contributed by atoms with van der Waals surface area (Å²) in [7, 11) is 1.52. The lowest BCUT2D eigenvalue weighted by Gasteiger charge is -2.14. The van der Waals surface area contributed by atoms with Crippen molar-refractivity contribution in [2.75, 3.05) is 40.1 Å². The number of nitrogens with one attached hydrogen (secondary N) is 1. The predicted molar refractivity (Wildman–Crippen MR) is 106 cm³/mol. The van der Waals surface area contributed by atoms with Crippen LogP contribution < -0.4 is 14.8 Å². The Labute approximate surface area is 172 Å². The monoisotopic (exact) mass is 454 g/mol. The highest BCUT2D eigenvalue weighted by Crippen LogP contribution is 2.37. The Balaban J connectivity index is 3.08. The minimum absolute atomic E-state index is 0.0642. The van der Waals surface area contributed by atoms with Crippen molar-refractivity contribution < 1.29 is 28.5 Å². The molecule has 0 aliphatic carbocycles. The van der Waals surface area contributed by atoms with E-state index in [1.165, 1.54) is 13.2 Å². The van der Waals surface area contributed by atoms with Crippen LogP contribution in [0.3, 0.4) is 0 Å². The standard InChI is InChI=1S/C19H23BrN2O6/c1-4-26-16-10-13(8-14(11-21)19(24)22-6-7-25-3)9-15(20)18(16)28-12-17(23)27-5-2/h8-10H,4-7,12H2,1-3H3,(H,22,24)/b14-8+. The zero-order chi connectivity index (χ0) is 20.9. The fourth-order valence-electron chi connectivity index (χ4n) is 2.09. The Bertz CT molecular complexity index is 758. The van der Waals surface area contributed by atoms with Gasteiger partial charge in [-0.05, 0) is 53.5 Å². The Hall–Kier alpha value is -2.57. The lowest BCUT2D eigenvalue weighted by molar-refractivity contribution is -0.145. The van der Waals surface area contributed by atoms with Crippen LogP contribution in [-0.2, 0) is 19.1 Å². The minimum atomic E-state index is -0.503. The fourth-order valence-corrected chi connectivity index (χ4v) is 2.66. The molecule has 0 saturated carbocycles. The van der Waals surface area contributed by atoms with Crippen LogP contribution in [-0.4, -0.2) is 52.0 Å². The number of hydrogen-bond acceptors (Lipinski definition) is 7. The molecule has 0 radical (unpaired) electrons. The third-order valence-electron chi connectivity index (χ3n) is 3.24. The number of methoxy groups -OCH3 is 1. The number of carbonyl (C=O) groups excluding carboxylic acids is 2. The molecule has 1 rings (SSSR count). The predicted octanol–water partition coefficient (Wildman–Crippen LogP) is 2.46. The van der Waals surface area contributed by atoms with Gasteiger partial charge in [-0.15, -0.1) is 0 Å². The minimum Gasteiger partial charge on any atom is -0.490 e. The number of ether oxygens (including phenoxy) is 4. The molecule has 0 heterocycles. The largest absolute Gasteiger partial charge is 0.490 e. The van der Waals surface area contributed by atoms with E-state index in [4.69, 9.17) is 18.9 Å². The summed E-state index contributed by atoms with van der Waals surface area (Å²) in [6.07, 6.45) is 1.44. The quantitative estimate of drug-likeness (QED) is 0.236. The molecule has 0 fully saturated rings. The number of carbonyl (C=O) groups is 2. The normalized spacial score (nSPS) is 10.8. The van der Waals surface area contributed by atoms with Gasteiger partial charge in [-0.3, -0.25) is 4.79 Å². The molecule has 0 aliphatic heterocycles.